The third kappa shape index (κ3) is 5.19. The highest BCUT2D eigenvalue weighted by Crippen LogP contribution is 2.40. The number of hydrogen-bond donors (Lipinski definition) is 1. The topological polar surface area (TPSA) is 106 Å². The number of benzene rings is 3. The Morgan fingerprint density at radius 1 is 0.933 bits per heavy atom. The van der Waals surface area contributed by atoms with Gasteiger partial charge >= 0.3 is 0 Å². The summed E-state index contributed by atoms with van der Waals surface area (Å²) < 4.78 is 34.0. The molecule has 0 spiro atoms. The number of rotatable bonds is 8. The first kappa shape index (κ1) is 28.3. The van der Waals surface area contributed by atoms with E-state index in [9.17, 15) is 13.2 Å². The molecule has 2 N–H and O–H groups in total. The van der Waals surface area contributed by atoms with Gasteiger partial charge in [-0.3, -0.25) is 9.10 Å². The van der Waals surface area contributed by atoms with E-state index in [1.165, 1.54) is 22.7 Å². The zero-order valence-corrected chi connectivity index (χ0v) is 26.1. The van der Waals surface area contributed by atoms with Gasteiger partial charge in [0, 0.05) is 48.7 Å². The Morgan fingerprint density at radius 3 is 2.53 bits per heavy atom. The summed E-state index contributed by atoms with van der Waals surface area (Å²) in [6.45, 7) is 2.81. The Balaban J connectivity index is 1.26. The van der Waals surface area contributed by atoms with Gasteiger partial charge in [0.05, 0.1) is 34.7 Å². The van der Waals surface area contributed by atoms with Gasteiger partial charge in [-0.1, -0.05) is 48.5 Å². The predicted molar refractivity (Wildman–Crippen MR) is 178 cm³/mol. The first-order valence-corrected chi connectivity index (χ1v) is 17.7. The number of aryl methyl sites for hydroxylation is 1. The zero-order chi connectivity index (χ0) is 30.7. The Labute approximate surface area is 263 Å². The summed E-state index contributed by atoms with van der Waals surface area (Å²) in [5.41, 5.74) is 11.8. The summed E-state index contributed by atoms with van der Waals surface area (Å²) >= 11 is 0. The van der Waals surface area contributed by atoms with Gasteiger partial charge in [0.2, 0.25) is 10.0 Å². The fourth-order valence-electron chi connectivity index (χ4n) is 7.10. The van der Waals surface area contributed by atoms with Crippen LogP contribution in [0.5, 0.6) is 0 Å². The molecule has 10 heteroatoms. The lowest BCUT2D eigenvalue weighted by Crippen LogP contribution is -2.45. The van der Waals surface area contributed by atoms with Gasteiger partial charge < -0.3 is 19.8 Å². The Kier molecular flexibility index (Phi) is 6.94. The van der Waals surface area contributed by atoms with Crippen LogP contribution in [0.25, 0.3) is 33.5 Å². The Hall–Kier alpha value is -4.15. The largest absolute Gasteiger partial charge is 0.338 e. The number of likely N-dealkylation sites (tertiary alicyclic amines) is 1. The molecule has 0 unspecified atom stereocenters. The highest BCUT2D eigenvalue weighted by Gasteiger charge is 2.34. The number of fused-ring (bicyclic) bond motifs is 1. The van der Waals surface area contributed by atoms with Crippen LogP contribution in [0.2, 0.25) is 0 Å². The van der Waals surface area contributed by atoms with Crippen molar-refractivity contribution in [2.24, 2.45) is 11.7 Å². The van der Waals surface area contributed by atoms with E-state index < -0.39 is 10.0 Å². The maximum absolute atomic E-state index is 14.0. The highest BCUT2D eigenvalue weighted by atomic mass is 32.2. The van der Waals surface area contributed by atoms with Crippen LogP contribution >= 0.6 is 0 Å². The van der Waals surface area contributed by atoms with Crippen molar-refractivity contribution in [3.8, 4) is 11.5 Å². The molecule has 1 saturated carbocycles. The van der Waals surface area contributed by atoms with Gasteiger partial charge in [0.15, 0.2) is 5.82 Å². The van der Waals surface area contributed by atoms with Crippen molar-refractivity contribution in [3.63, 3.8) is 0 Å². The van der Waals surface area contributed by atoms with E-state index in [1.54, 1.807) is 11.0 Å². The Bertz CT molecular complexity index is 2030. The van der Waals surface area contributed by atoms with Crippen molar-refractivity contribution in [1.29, 1.82) is 0 Å². The van der Waals surface area contributed by atoms with Gasteiger partial charge in [0.1, 0.15) is 0 Å². The monoisotopic (exact) mass is 622 g/mol. The van der Waals surface area contributed by atoms with Gasteiger partial charge in [-0.05, 0) is 67.9 Å². The molecule has 1 saturated heterocycles. The third-order valence-electron chi connectivity index (χ3n) is 9.61. The predicted octanol–water partition coefficient (Wildman–Crippen LogP) is 5.02. The number of nitrogens with zero attached hydrogens (tertiary/aromatic N) is 5. The number of imidazole rings is 1. The van der Waals surface area contributed by atoms with Crippen molar-refractivity contribution in [2.75, 3.05) is 29.7 Å². The molecule has 1 atom stereocenters. The summed E-state index contributed by atoms with van der Waals surface area (Å²) in [7, 11) is -3.70. The number of carbonyl (C=O) groups is 1. The summed E-state index contributed by atoms with van der Waals surface area (Å²) in [5, 5.41) is 1.16. The lowest BCUT2D eigenvalue weighted by Gasteiger charge is -2.32. The van der Waals surface area contributed by atoms with E-state index in [4.69, 9.17) is 10.7 Å². The minimum absolute atomic E-state index is 0.0196. The van der Waals surface area contributed by atoms with Gasteiger partial charge in [-0.25, -0.2) is 13.4 Å². The number of anilines is 1. The molecule has 4 heterocycles. The van der Waals surface area contributed by atoms with E-state index in [-0.39, 0.29) is 24.2 Å². The molecule has 45 heavy (non-hydrogen) atoms. The van der Waals surface area contributed by atoms with Crippen molar-refractivity contribution in [2.45, 2.75) is 51.2 Å². The lowest BCUT2D eigenvalue weighted by molar-refractivity contribution is 0.0709. The summed E-state index contributed by atoms with van der Waals surface area (Å²) in [6.07, 6.45) is 4.62. The minimum Gasteiger partial charge on any atom is -0.338 e. The molecule has 3 aromatic carbocycles. The van der Waals surface area contributed by atoms with E-state index in [0.717, 1.165) is 47.4 Å². The van der Waals surface area contributed by atoms with Crippen molar-refractivity contribution in [1.82, 2.24) is 19.0 Å². The first-order valence-electron chi connectivity index (χ1n) is 16.1. The normalized spacial score (nSPS) is 18.6. The quantitative estimate of drug-likeness (QED) is 0.262. The van der Waals surface area contributed by atoms with Crippen LogP contribution in [-0.2, 0) is 29.5 Å². The van der Waals surface area contributed by atoms with Gasteiger partial charge in [-0.15, -0.1) is 0 Å². The molecule has 0 radical (unpaired) electrons. The summed E-state index contributed by atoms with van der Waals surface area (Å²) in [6, 6.07) is 23.9. The molecule has 0 bridgehead atoms. The van der Waals surface area contributed by atoms with E-state index in [0.29, 0.717) is 48.7 Å². The molecule has 2 aliphatic heterocycles. The number of nitrogens with two attached hydrogens (primary N) is 1. The van der Waals surface area contributed by atoms with Crippen molar-refractivity contribution < 1.29 is 13.2 Å². The fraction of sp³-hybridized carbons (Fsp3) is 0.371. The number of para-hydroxylation sites is 1. The molecule has 2 fully saturated rings. The molecular formula is C35H38N6O3S. The van der Waals surface area contributed by atoms with Crippen LogP contribution in [0.1, 0.15) is 41.6 Å². The molecule has 1 aliphatic carbocycles. The van der Waals surface area contributed by atoms with E-state index in [2.05, 4.69) is 39.5 Å². The first-order chi connectivity index (χ1) is 21.9. The van der Waals surface area contributed by atoms with Crippen molar-refractivity contribution in [3.05, 3.63) is 83.9 Å². The van der Waals surface area contributed by atoms with Crippen LogP contribution < -0.4 is 10.0 Å². The smallest absolute Gasteiger partial charge is 0.254 e. The average molecular weight is 623 g/mol. The maximum Gasteiger partial charge on any atom is 0.254 e. The second-order valence-electron chi connectivity index (χ2n) is 12.9. The zero-order valence-electron chi connectivity index (χ0n) is 25.3. The molecular weight excluding hydrogens is 584 g/mol. The number of sulfonamides is 1. The third-order valence-corrected chi connectivity index (χ3v) is 11.4. The second kappa shape index (κ2) is 11.0. The molecule has 9 nitrogen and oxygen atoms in total. The molecule has 232 valence electrons. The molecule has 1 amide bonds. The van der Waals surface area contributed by atoms with Crippen LogP contribution in [-0.4, -0.2) is 64.8 Å². The number of carbonyl (C=O) groups excluding carboxylic acids is 1. The lowest BCUT2D eigenvalue weighted by atomic mass is 10.0. The van der Waals surface area contributed by atoms with Crippen LogP contribution in [0.4, 0.5) is 5.69 Å². The molecule has 8 rings (SSSR count). The van der Waals surface area contributed by atoms with Crippen LogP contribution in [0, 0.1) is 5.92 Å². The van der Waals surface area contributed by atoms with E-state index >= 15 is 0 Å². The number of hydrogen-bond acceptors (Lipinski definition) is 5. The fourth-order valence-corrected chi connectivity index (χ4v) is 8.62. The number of piperidine rings is 1. The van der Waals surface area contributed by atoms with Crippen LogP contribution in [0.3, 0.4) is 0 Å². The average Bonchev–Trinajstić information content (AvgIpc) is 3.70. The minimum atomic E-state index is -3.70. The second-order valence-corrected chi connectivity index (χ2v) is 14.9. The number of aromatic nitrogens is 3. The van der Waals surface area contributed by atoms with Gasteiger partial charge in [-0.2, -0.15) is 0 Å². The molecule has 5 aromatic rings. The maximum atomic E-state index is 14.0. The summed E-state index contributed by atoms with van der Waals surface area (Å²) in [4.78, 5) is 20.8. The van der Waals surface area contributed by atoms with E-state index in [1.807, 2.05) is 36.4 Å². The standard InChI is InChI=1S/C35H38N6O3S/c36-28-10-6-15-38(23-28)35(42)27-19-29-33-31(21-27)41(45(43,44)18-14-24-7-2-1-3-8-24)17-16-39(33)34(37-29)32-20-26-9-4-5-11-30(26)40(32)22-25-12-13-25/h1-5,7-9,11,19-21,25,28H,6,10,12-18,22-23,36H2/t28-/m1/s1. The SMILES string of the molecule is N[C@@H]1CCCN(C(=O)c2cc3c4c(c2)nc(-c2cc5ccccc5n2CC2CC2)n4CCN3S(=O)(=O)CCc2ccccc2)C1. The van der Waals surface area contributed by atoms with Gasteiger partial charge in [0.25, 0.3) is 5.91 Å². The molecule has 2 aromatic heterocycles. The Morgan fingerprint density at radius 2 is 1.73 bits per heavy atom. The highest BCUT2D eigenvalue weighted by molar-refractivity contribution is 7.92. The van der Waals surface area contributed by atoms with Crippen LogP contribution in [0.15, 0.2) is 72.8 Å². The number of amides is 1. The van der Waals surface area contributed by atoms with Crippen molar-refractivity contribution >= 4 is 43.6 Å². The summed E-state index contributed by atoms with van der Waals surface area (Å²) in [5.74, 6) is 1.32. The molecule has 3 aliphatic rings.